The lowest BCUT2D eigenvalue weighted by Crippen LogP contribution is -2.21. The molecule has 1 fully saturated rings. The average Bonchev–Trinajstić information content (AvgIpc) is 1.79. The lowest BCUT2D eigenvalue weighted by atomic mass is 9.82. The summed E-state index contributed by atoms with van der Waals surface area (Å²) in [4.78, 5) is 0. The van der Waals surface area contributed by atoms with Crippen molar-refractivity contribution in [2.45, 2.75) is 12.8 Å². The molecule has 1 saturated carbocycles. The van der Waals surface area contributed by atoms with E-state index >= 15 is 0 Å². The van der Waals surface area contributed by atoms with Crippen LogP contribution in [0.25, 0.3) is 0 Å². The molecule has 1 rings (SSSR count). The molecule has 2 nitrogen and oxygen atoms in total. The minimum absolute atomic E-state index is 0.396. The molecule has 0 atom stereocenters. The van der Waals surface area contributed by atoms with E-state index < -0.39 is 0 Å². The summed E-state index contributed by atoms with van der Waals surface area (Å²) in [5.74, 6) is 0.396. The molecule has 50 valence electrons. The highest BCUT2D eigenvalue weighted by Gasteiger charge is 2.24. The van der Waals surface area contributed by atoms with Gasteiger partial charge in [0, 0.05) is 5.92 Å². The SMILES string of the molecule is C=C1CC(C(=N)SN)C1. The third-order valence-electron chi connectivity index (χ3n) is 1.57. The lowest BCUT2D eigenvalue weighted by Gasteiger charge is -2.27. The number of hydrogen-bond donors (Lipinski definition) is 2. The minimum atomic E-state index is 0.396. The van der Waals surface area contributed by atoms with E-state index in [1.165, 1.54) is 5.57 Å². The Balaban J connectivity index is 2.31. The Morgan fingerprint density at radius 1 is 1.78 bits per heavy atom. The van der Waals surface area contributed by atoms with E-state index in [4.69, 9.17) is 10.5 Å². The number of nitrogens with one attached hydrogen (secondary N) is 1. The van der Waals surface area contributed by atoms with Gasteiger partial charge in [-0.2, -0.15) is 0 Å². The van der Waals surface area contributed by atoms with Gasteiger partial charge in [0.2, 0.25) is 0 Å². The molecule has 0 aromatic carbocycles. The van der Waals surface area contributed by atoms with E-state index in [-0.39, 0.29) is 0 Å². The van der Waals surface area contributed by atoms with Gasteiger partial charge in [-0.1, -0.05) is 12.2 Å². The summed E-state index contributed by atoms with van der Waals surface area (Å²) in [5, 5.41) is 13.1. The van der Waals surface area contributed by atoms with Crippen molar-refractivity contribution in [3.8, 4) is 0 Å². The zero-order valence-corrected chi connectivity index (χ0v) is 6.00. The molecule has 0 aromatic heterocycles. The van der Waals surface area contributed by atoms with Gasteiger partial charge in [-0.15, -0.1) is 0 Å². The van der Waals surface area contributed by atoms with Crippen molar-refractivity contribution in [1.29, 1.82) is 5.41 Å². The van der Waals surface area contributed by atoms with Crippen LogP contribution in [-0.2, 0) is 0 Å². The molecule has 0 radical (unpaired) electrons. The van der Waals surface area contributed by atoms with Gasteiger partial charge in [0.05, 0.1) is 5.04 Å². The van der Waals surface area contributed by atoms with E-state index in [9.17, 15) is 0 Å². The summed E-state index contributed by atoms with van der Waals surface area (Å²) in [6, 6.07) is 0. The topological polar surface area (TPSA) is 49.9 Å². The van der Waals surface area contributed by atoms with Gasteiger partial charge >= 0.3 is 0 Å². The highest BCUT2D eigenvalue weighted by molar-refractivity contribution is 8.11. The summed E-state index contributed by atoms with van der Waals surface area (Å²) >= 11 is 1.05. The summed E-state index contributed by atoms with van der Waals surface area (Å²) in [6.07, 6.45) is 1.95. The predicted molar refractivity (Wildman–Crippen MR) is 41.4 cm³/mol. The number of nitrogens with two attached hydrogens (primary N) is 1. The maximum Gasteiger partial charge on any atom is 0.0827 e. The van der Waals surface area contributed by atoms with E-state index in [0.29, 0.717) is 11.0 Å². The maximum absolute atomic E-state index is 7.28. The van der Waals surface area contributed by atoms with Crippen molar-refractivity contribution in [2.24, 2.45) is 11.1 Å². The molecule has 0 unspecified atom stereocenters. The van der Waals surface area contributed by atoms with Gasteiger partial charge in [0.25, 0.3) is 0 Å². The van der Waals surface area contributed by atoms with Crippen LogP contribution < -0.4 is 5.14 Å². The highest BCUT2D eigenvalue weighted by Crippen LogP contribution is 2.33. The Labute approximate surface area is 59.2 Å². The first-order valence-corrected chi connectivity index (χ1v) is 3.74. The highest BCUT2D eigenvalue weighted by atomic mass is 32.2. The second-order valence-electron chi connectivity index (χ2n) is 2.34. The van der Waals surface area contributed by atoms with Crippen LogP contribution in [-0.4, -0.2) is 5.04 Å². The molecule has 0 aromatic rings. The van der Waals surface area contributed by atoms with Crippen molar-refractivity contribution in [1.82, 2.24) is 0 Å². The Morgan fingerprint density at radius 3 is 2.67 bits per heavy atom. The number of allylic oxidation sites excluding steroid dienone is 1. The first-order chi connectivity index (χ1) is 4.24. The van der Waals surface area contributed by atoms with Crippen LogP contribution in [0.2, 0.25) is 0 Å². The fourth-order valence-corrected chi connectivity index (χ4v) is 1.28. The standard InChI is InChI=1S/C6H10N2S/c1-4-2-5(3-4)6(7)9-8/h5,7H,1-3,8H2. The molecule has 0 aliphatic heterocycles. The molecule has 0 bridgehead atoms. The van der Waals surface area contributed by atoms with Crippen LogP contribution in [0.15, 0.2) is 12.2 Å². The molecule has 1 aliphatic rings. The fourth-order valence-electron chi connectivity index (χ4n) is 0.919. The van der Waals surface area contributed by atoms with E-state index in [0.717, 1.165) is 24.8 Å². The molecule has 0 saturated heterocycles. The van der Waals surface area contributed by atoms with Gasteiger partial charge in [0.15, 0.2) is 0 Å². The van der Waals surface area contributed by atoms with Crippen molar-refractivity contribution < 1.29 is 0 Å². The van der Waals surface area contributed by atoms with Crippen molar-refractivity contribution in [3.63, 3.8) is 0 Å². The van der Waals surface area contributed by atoms with Crippen molar-refractivity contribution in [3.05, 3.63) is 12.2 Å². The second-order valence-corrected chi connectivity index (χ2v) is 3.01. The van der Waals surface area contributed by atoms with Gasteiger partial charge in [-0.25, -0.2) is 0 Å². The summed E-state index contributed by atoms with van der Waals surface area (Å²) in [5.41, 5.74) is 1.25. The molecule has 1 aliphatic carbocycles. The molecule has 0 spiro atoms. The van der Waals surface area contributed by atoms with Gasteiger partial charge in [-0.05, 0) is 24.8 Å². The number of rotatable bonds is 1. The number of hydrogen-bond acceptors (Lipinski definition) is 3. The lowest BCUT2D eigenvalue weighted by molar-refractivity contribution is 0.555. The molecule has 0 amide bonds. The Morgan fingerprint density at radius 2 is 2.33 bits per heavy atom. The maximum atomic E-state index is 7.28. The smallest absolute Gasteiger partial charge is 0.0827 e. The van der Waals surface area contributed by atoms with Crippen molar-refractivity contribution >= 4 is 17.0 Å². The first kappa shape index (κ1) is 6.83. The van der Waals surface area contributed by atoms with E-state index in [1.54, 1.807) is 0 Å². The molecule has 3 heteroatoms. The molecular formula is C6H10N2S. The Bertz CT molecular complexity index is 145. The summed E-state index contributed by atoms with van der Waals surface area (Å²) in [7, 11) is 0. The quantitative estimate of drug-likeness (QED) is 0.252. The first-order valence-electron chi connectivity index (χ1n) is 2.86. The van der Waals surface area contributed by atoms with E-state index in [2.05, 4.69) is 6.58 Å². The summed E-state index contributed by atoms with van der Waals surface area (Å²) in [6.45, 7) is 3.78. The van der Waals surface area contributed by atoms with Gasteiger partial charge in [-0.3, -0.25) is 10.5 Å². The zero-order valence-electron chi connectivity index (χ0n) is 5.18. The van der Waals surface area contributed by atoms with Gasteiger partial charge in [0.1, 0.15) is 0 Å². The van der Waals surface area contributed by atoms with Gasteiger partial charge < -0.3 is 0 Å². The molecular weight excluding hydrogens is 132 g/mol. The normalized spacial score (nSPS) is 19.4. The zero-order chi connectivity index (χ0) is 6.85. The predicted octanol–water partition coefficient (Wildman–Crippen LogP) is 1.54. The van der Waals surface area contributed by atoms with Crippen LogP contribution in [0.1, 0.15) is 12.8 Å². The third kappa shape index (κ3) is 1.34. The average molecular weight is 142 g/mol. The van der Waals surface area contributed by atoms with Crippen LogP contribution in [0.4, 0.5) is 0 Å². The van der Waals surface area contributed by atoms with Crippen LogP contribution in [0, 0.1) is 11.3 Å². The minimum Gasteiger partial charge on any atom is -0.297 e. The van der Waals surface area contributed by atoms with Crippen LogP contribution in [0.3, 0.4) is 0 Å². The van der Waals surface area contributed by atoms with Crippen LogP contribution in [0.5, 0.6) is 0 Å². The van der Waals surface area contributed by atoms with Crippen molar-refractivity contribution in [2.75, 3.05) is 0 Å². The Hall–Kier alpha value is -0.280. The molecule has 0 heterocycles. The largest absolute Gasteiger partial charge is 0.297 e. The third-order valence-corrected chi connectivity index (χ3v) is 2.16. The molecule has 9 heavy (non-hydrogen) atoms. The molecule has 3 N–H and O–H groups in total. The summed E-state index contributed by atoms with van der Waals surface area (Å²) < 4.78 is 0. The Kier molecular flexibility index (Phi) is 1.93. The monoisotopic (exact) mass is 142 g/mol. The van der Waals surface area contributed by atoms with Crippen LogP contribution >= 0.6 is 11.9 Å². The second kappa shape index (κ2) is 2.54. The fraction of sp³-hybridized carbons (Fsp3) is 0.500. The van der Waals surface area contributed by atoms with E-state index in [1.807, 2.05) is 0 Å².